The maximum absolute atomic E-state index is 2.49. The van der Waals surface area contributed by atoms with Crippen LogP contribution in [-0.2, 0) is 0 Å². The van der Waals surface area contributed by atoms with Crippen molar-refractivity contribution in [2.75, 3.05) is 0 Å². The predicted molar refractivity (Wildman–Crippen MR) is 59.7 cm³/mol. The van der Waals surface area contributed by atoms with Crippen molar-refractivity contribution in [2.45, 2.75) is 61.3 Å². The first-order valence-electron chi connectivity index (χ1n) is 5.61. The van der Waals surface area contributed by atoms with Gasteiger partial charge >= 0.3 is 0 Å². The van der Waals surface area contributed by atoms with Crippen LogP contribution in [0.25, 0.3) is 0 Å². The molecule has 0 atom stereocenters. The molecule has 0 unspecified atom stereocenters. The molecule has 1 aliphatic carbocycles. The van der Waals surface area contributed by atoms with Gasteiger partial charge in [-0.2, -0.15) is 0 Å². The van der Waals surface area contributed by atoms with Crippen LogP contribution in [0.2, 0.25) is 0 Å². The normalized spacial score (nSPS) is 20.5. The lowest BCUT2D eigenvalue weighted by atomic mass is 9.53. The van der Waals surface area contributed by atoms with Crippen LogP contribution in [0.5, 0.6) is 0 Å². The molecule has 1 aliphatic rings. The second-order valence-corrected chi connectivity index (χ2v) is 6.98. The van der Waals surface area contributed by atoms with E-state index >= 15 is 0 Å². The fourth-order valence-corrected chi connectivity index (χ4v) is 3.01. The van der Waals surface area contributed by atoms with Crippen LogP contribution >= 0.6 is 0 Å². The molecule has 0 aromatic carbocycles. The Hall–Kier alpha value is 0. The summed E-state index contributed by atoms with van der Waals surface area (Å²) in [5.41, 5.74) is 1.33. The summed E-state index contributed by atoms with van der Waals surface area (Å²) in [4.78, 5) is 0. The molecule has 0 aromatic heterocycles. The van der Waals surface area contributed by atoms with E-state index < -0.39 is 0 Å². The van der Waals surface area contributed by atoms with Crippen molar-refractivity contribution >= 4 is 0 Å². The monoisotopic (exact) mass is 182 g/mol. The van der Waals surface area contributed by atoms with Gasteiger partial charge in [0, 0.05) is 0 Å². The molecule has 0 spiro atoms. The number of rotatable bonds is 1. The molecular weight excluding hydrogens is 156 g/mol. The molecule has 13 heavy (non-hydrogen) atoms. The van der Waals surface area contributed by atoms with Gasteiger partial charge in [-0.05, 0) is 35.0 Å². The van der Waals surface area contributed by atoms with Crippen LogP contribution in [-0.4, -0.2) is 0 Å². The Bertz CT molecular complexity index is 169. The van der Waals surface area contributed by atoms with Gasteiger partial charge in [0.1, 0.15) is 0 Å². The van der Waals surface area contributed by atoms with E-state index in [4.69, 9.17) is 0 Å². The molecular formula is C13H26. The minimum atomic E-state index is 0.423. The predicted octanol–water partition coefficient (Wildman–Crippen LogP) is 4.49. The highest BCUT2D eigenvalue weighted by atomic mass is 14.6. The van der Waals surface area contributed by atoms with Crippen molar-refractivity contribution in [3.8, 4) is 0 Å². The highest BCUT2D eigenvalue weighted by molar-refractivity contribution is 5.04. The standard InChI is InChI=1S/C13H26/c1-11(2,3)13(7,10-8-9-10)12(4,5)6/h10H,8-9H2,1-7H3. The average molecular weight is 182 g/mol. The summed E-state index contributed by atoms with van der Waals surface area (Å²) in [6.07, 6.45) is 2.90. The first kappa shape index (κ1) is 11.1. The third-order valence-electron chi connectivity index (χ3n) is 4.51. The Morgan fingerprint density at radius 2 is 1.00 bits per heavy atom. The van der Waals surface area contributed by atoms with Gasteiger partial charge in [-0.3, -0.25) is 0 Å². The Balaban J connectivity index is 3.01. The van der Waals surface area contributed by atoms with E-state index in [9.17, 15) is 0 Å². The summed E-state index contributed by atoms with van der Waals surface area (Å²) in [5.74, 6) is 0.965. The molecule has 0 nitrogen and oxygen atoms in total. The first-order chi connectivity index (χ1) is 5.61. The van der Waals surface area contributed by atoms with Crippen LogP contribution in [0, 0.1) is 22.2 Å². The van der Waals surface area contributed by atoms with Crippen molar-refractivity contribution in [3.05, 3.63) is 0 Å². The molecule has 0 aliphatic heterocycles. The van der Waals surface area contributed by atoms with Crippen molar-refractivity contribution in [1.29, 1.82) is 0 Å². The maximum atomic E-state index is 2.49. The Morgan fingerprint density at radius 1 is 0.692 bits per heavy atom. The van der Waals surface area contributed by atoms with E-state index in [1.54, 1.807) is 0 Å². The molecule has 1 saturated carbocycles. The molecule has 0 heterocycles. The van der Waals surface area contributed by atoms with Crippen LogP contribution in [0.15, 0.2) is 0 Å². The van der Waals surface area contributed by atoms with Gasteiger partial charge in [0.2, 0.25) is 0 Å². The van der Waals surface area contributed by atoms with E-state index in [0.29, 0.717) is 16.2 Å². The van der Waals surface area contributed by atoms with Crippen molar-refractivity contribution in [2.24, 2.45) is 22.2 Å². The molecule has 0 saturated heterocycles. The van der Waals surface area contributed by atoms with Gasteiger partial charge in [0.25, 0.3) is 0 Å². The topological polar surface area (TPSA) is 0 Å². The van der Waals surface area contributed by atoms with Gasteiger partial charge < -0.3 is 0 Å². The Kier molecular flexibility index (Phi) is 2.34. The zero-order valence-electron chi connectivity index (χ0n) is 10.5. The van der Waals surface area contributed by atoms with E-state index in [-0.39, 0.29) is 0 Å². The maximum Gasteiger partial charge on any atom is -0.0200 e. The molecule has 1 rings (SSSR count). The van der Waals surface area contributed by atoms with E-state index in [2.05, 4.69) is 48.5 Å². The summed E-state index contributed by atoms with van der Waals surface area (Å²) in [6.45, 7) is 16.9. The molecule has 0 aromatic rings. The van der Waals surface area contributed by atoms with Crippen LogP contribution < -0.4 is 0 Å². The average Bonchev–Trinajstić information content (AvgIpc) is 2.60. The molecule has 0 bridgehead atoms. The Morgan fingerprint density at radius 3 is 1.08 bits per heavy atom. The van der Waals surface area contributed by atoms with Gasteiger partial charge in [-0.25, -0.2) is 0 Å². The lowest BCUT2D eigenvalue weighted by Crippen LogP contribution is -2.45. The molecule has 0 radical (unpaired) electrons. The summed E-state index contributed by atoms with van der Waals surface area (Å²) in [6, 6.07) is 0. The number of hydrogen-bond acceptors (Lipinski definition) is 0. The lowest BCUT2D eigenvalue weighted by Gasteiger charge is -2.52. The zero-order chi connectivity index (χ0) is 10.5. The lowest BCUT2D eigenvalue weighted by molar-refractivity contribution is -0.0355. The van der Waals surface area contributed by atoms with Crippen LogP contribution in [0.4, 0.5) is 0 Å². The zero-order valence-corrected chi connectivity index (χ0v) is 10.5. The summed E-state index contributed by atoms with van der Waals surface area (Å²) < 4.78 is 0. The van der Waals surface area contributed by atoms with Gasteiger partial charge in [-0.15, -0.1) is 0 Å². The number of hydrogen-bond donors (Lipinski definition) is 0. The smallest absolute Gasteiger partial charge is 0.0200 e. The Labute approximate surface area is 84.1 Å². The fraction of sp³-hybridized carbons (Fsp3) is 1.00. The molecule has 0 heteroatoms. The highest BCUT2D eigenvalue weighted by Gasteiger charge is 2.55. The van der Waals surface area contributed by atoms with Crippen molar-refractivity contribution < 1.29 is 0 Å². The molecule has 0 N–H and O–H groups in total. The largest absolute Gasteiger partial charge is 0.0596 e. The quantitative estimate of drug-likeness (QED) is 0.560. The molecule has 0 amide bonds. The SMILES string of the molecule is CC(C)(C)C(C)(C1CC1)C(C)(C)C. The summed E-state index contributed by atoms with van der Waals surface area (Å²) in [7, 11) is 0. The van der Waals surface area contributed by atoms with Crippen LogP contribution in [0.1, 0.15) is 61.3 Å². The third-order valence-corrected chi connectivity index (χ3v) is 4.51. The molecule has 78 valence electrons. The molecule has 1 fully saturated rings. The summed E-state index contributed by atoms with van der Waals surface area (Å²) >= 11 is 0. The highest BCUT2D eigenvalue weighted by Crippen LogP contribution is 2.63. The summed E-state index contributed by atoms with van der Waals surface area (Å²) in [5, 5.41) is 0. The second kappa shape index (κ2) is 2.74. The first-order valence-corrected chi connectivity index (χ1v) is 5.61. The second-order valence-electron chi connectivity index (χ2n) is 6.98. The van der Waals surface area contributed by atoms with Crippen LogP contribution in [0.3, 0.4) is 0 Å². The third kappa shape index (κ3) is 1.65. The van der Waals surface area contributed by atoms with E-state index in [1.165, 1.54) is 12.8 Å². The van der Waals surface area contributed by atoms with Gasteiger partial charge in [-0.1, -0.05) is 48.5 Å². The van der Waals surface area contributed by atoms with Gasteiger partial charge in [0.05, 0.1) is 0 Å². The van der Waals surface area contributed by atoms with E-state index in [1.807, 2.05) is 0 Å². The van der Waals surface area contributed by atoms with Crippen molar-refractivity contribution in [3.63, 3.8) is 0 Å². The fourth-order valence-electron chi connectivity index (χ4n) is 3.01. The minimum Gasteiger partial charge on any atom is -0.0596 e. The minimum absolute atomic E-state index is 0.423. The van der Waals surface area contributed by atoms with E-state index in [0.717, 1.165) is 5.92 Å². The van der Waals surface area contributed by atoms with Crippen molar-refractivity contribution in [1.82, 2.24) is 0 Å². The van der Waals surface area contributed by atoms with Gasteiger partial charge in [0.15, 0.2) is 0 Å².